The summed E-state index contributed by atoms with van der Waals surface area (Å²) in [5.41, 5.74) is -0.147. The highest BCUT2D eigenvalue weighted by molar-refractivity contribution is 5.49. The molecule has 2 rings (SSSR count). The van der Waals surface area contributed by atoms with Gasteiger partial charge in [-0.05, 0) is 95.6 Å². The number of hydrogen-bond acceptors (Lipinski definition) is 4. The van der Waals surface area contributed by atoms with E-state index in [4.69, 9.17) is 9.47 Å². The number of carbonyl (C=O) groups excluding carboxylic acids is 1. The van der Waals surface area contributed by atoms with Gasteiger partial charge in [0.2, 0.25) is 0 Å². The van der Waals surface area contributed by atoms with E-state index in [1.54, 1.807) is 0 Å². The van der Waals surface area contributed by atoms with Crippen LogP contribution in [0.1, 0.15) is 72.1 Å². The molecule has 1 aliphatic carbocycles. The second kappa shape index (κ2) is 12.3. The Bertz CT molecular complexity index is 611. The number of rotatable bonds is 13. The van der Waals surface area contributed by atoms with Crippen LogP contribution >= 0.6 is 0 Å². The van der Waals surface area contributed by atoms with Crippen LogP contribution in [0.25, 0.3) is 0 Å². The van der Waals surface area contributed by atoms with E-state index in [2.05, 4.69) is 39.8 Å². The molecule has 3 unspecified atom stereocenters. The highest BCUT2D eigenvalue weighted by atomic mass is 16.5. The molecule has 0 spiro atoms. The van der Waals surface area contributed by atoms with Gasteiger partial charge in [0.15, 0.2) is 0 Å². The van der Waals surface area contributed by atoms with Crippen molar-refractivity contribution in [3.05, 3.63) is 24.3 Å². The lowest BCUT2D eigenvalue weighted by Gasteiger charge is -2.32. The first-order chi connectivity index (χ1) is 14.3. The Morgan fingerprint density at radius 3 is 2.33 bits per heavy atom. The Balaban J connectivity index is 1.85. The summed E-state index contributed by atoms with van der Waals surface area (Å²) in [7, 11) is 4.18. The van der Waals surface area contributed by atoms with Crippen LogP contribution in [-0.2, 0) is 4.79 Å². The summed E-state index contributed by atoms with van der Waals surface area (Å²) in [6, 6.07) is 8.07. The zero-order valence-corrected chi connectivity index (χ0v) is 19.9. The van der Waals surface area contributed by atoms with E-state index in [0.717, 1.165) is 43.8 Å². The van der Waals surface area contributed by atoms with Crippen molar-refractivity contribution >= 4 is 6.29 Å². The fourth-order valence-electron chi connectivity index (χ4n) is 4.47. The molecule has 0 bridgehead atoms. The number of benzene rings is 1. The van der Waals surface area contributed by atoms with Crippen molar-refractivity contribution in [2.24, 2.45) is 17.8 Å². The molecule has 1 aromatic rings. The van der Waals surface area contributed by atoms with Crippen molar-refractivity contribution in [3.63, 3.8) is 0 Å². The van der Waals surface area contributed by atoms with Crippen LogP contribution in [0.5, 0.6) is 11.5 Å². The minimum absolute atomic E-state index is 0.147. The summed E-state index contributed by atoms with van der Waals surface area (Å²) >= 11 is 0. The fraction of sp³-hybridized carbons (Fsp3) is 0.731. The zero-order valence-electron chi connectivity index (χ0n) is 19.9. The Labute approximate surface area is 184 Å². The van der Waals surface area contributed by atoms with Crippen LogP contribution in [0.2, 0.25) is 0 Å². The quantitative estimate of drug-likeness (QED) is 0.370. The molecule has 1 fully saturated rings. The highest BCUT2D eigenvalue weighted by Gasteiger charge is 2.26. The Kier molecular flexibility index (Phi) is 10.2. The molecule has 1 saturated carbocycles. The molecule has 0 aromatic heterocycles. The van der Waals surface area contributed by atoms with Crippen LogP contribution < -0.4 is 9.47 Å². The van der Waals surface area contributed by atoms with Gasteiger partial charge in [0.05, 0.1) is 6.61 Å². The van der Waals surface area contributed by atoms with Crippen LogP contribution in [0.15, 0.2) is 24.3 Å². The van der Waals surface area contributed by atoms with E-state index < -0.39 is 0 Å². The van der Waals surface area contributed by atoms with Crippen molar-refractivity contribution in [2.75, 3.05) is 27.2 Å². The molecule has 0 heterocycles. The number of hydrogen-bond donors (Lipinski definition) is 0. The molecule has 170 valence electrons. The fourth-order valence-corrected chi connectivity index (χ4v) is 4.47. The molecular weight excluding hydrogens is 374 g/mol. The molecule has 0 saturated heterocycles. The van der Waals surface area contributed by atoms with Gasteiger partial charge in [-0.15, -0.1) is 0 Å². The third kappa shape index (κ3) is 8.67. The monoisotopic (exact) mass is 417 g/mol. The zero-order chi connectivity index (χ0) is 22.0. The second-order valence-electron chi connectivity index (χ2n) is 9.91. The standard InChI is InChI=1S/C26H43NO3/c1-6-26(2,3)30-25-15-13-24(14-16-25)29-20-23-10-8-7-9-22(23)12-11-21(17-18-28)19-27(4)5/h13-16,18,21-23H,6-12,17,19-20H2,1-5H3. The maximum atomic E-state index is 11.0. The SMILES string of the molecule is CCC(C)(C)Oc1ccc(OCC2CCCCC2CCC(CC=O)CN(C)C)cc1. The molecule has 0 aliphatic heterocycles. The molecule has 0 N–H and O–H groups in total. The van der Waals surface area contributed by atoms with Gasteiger partial charge in [-0.3, -0.25) is 0 Å². The third-order valence-corrected chi connectivity index (χ3v) is 6.60. The summed E-state index contributed by atoms with van der Waals surface area (Å²) in [5, 5.41) is 0. The molecule has 4 nitrogen and oxygen atoms in total. The lowest BCUT2D eigenvalue weighted by Crippen LogP contribution is -2.27. The number of ether oxygens (including phenoxy) is 2. The minimum atomic E-state index is -0.147. The van der Waals surface area contributed by atoms with E-state index in [0.29, 0.717) is 24.2 Å². The van der Waals surface area contributed by atoms with Crippen molar-refractivity contribution in [1.82, 2.24) is 4.90 Å². The molecule has 1 aliphatic rings. The van der Waals surface area contributed by atoms with Crippen molar-refractivity contribution in [3.8, 4) is 11.5 Å². The molecule has 4 heteroatoms. The largest absolute Gasteiger partial charge is 0.493 e. The van der Waals surface area contributed by atoms with Crippen molar-refractivity contribution < 1.29 is 14.3 Å². The number of carbonyl (C=O) groups is 1. The lowest BCUT2D eigenvalue weighted by molar-refractivity contribution is -0.108. The summed E-state index contributed by atoms with van der Waals surface area (Å²) in [5.74, 6) is 3.62. The number of aldehydes is 1. The van der Waals surface area contributed by atoms with E-state index in [1.165, 1.54) is 32.1 Å². The summed E-state index contributed by atoms with van der Waals surface area (Å²) in [6.07, 6.45) is 10.3. The average Bonchev–Trinajstić information content (AvgIpc) is 2.72. The van der Waals surface area contributed by atoms with Gasteiger partial charge < -0.3 is 19.2 Å². The van der Waals surface area contributed by atoms with Gasteiger partial charge >= 0.3 is 0 Å². The van der Waals surface area contributed by atoms with Crippen LogP contribution in [0, 0.1) is 17.8 Å². The van der Waals surface area contributed by atoms with Gasteiger partial charge in [-0.25, -0.2) is 0 Å². The summed E-state index contributed by atoms with van der Waals surface area (Å²) in [4.78, 5) is 13.2. The normalized spacial score (nSPS) is 20.7. The molecule has 1 aromatic carbocycles. The maximum Gasteiger partial charge on any atom is 0.120 e. The third-order valence-electron chi connectivity index (χ3n) is 6.60. The first-order valence-electron chi connectivity index (χ1n) is 11.8. The van der Waals surface area contributed by atoms with Crippen molar-refractivity contribution in [1.29, 1.82) is 0 Å². The van der Waals surface area contributed by atoms with E-state index in [-0.39, 0.29) is 5.60 Å². The highest BCUT2D eigenvalue weighted by Crippen LogP contribution is 2.35. The van der Waals surface area contributed by atoms with Gasteiger partial charge in [0.25, 0.3) is 0 Å². The van der Waals surface area contributed by atoms with Crippen LogP contribution in [0.4, 0.5) is 0 Å². The first-order valence-corrected chi connectivity index (χ1v) is 11.8. The number of nitrogens with zero attached hydrogens (tertiary/aromatic N) is 1. The Hall–Kier alpha value is -1.55. The molecule has 0 radical (unpaired) electrons. The van der Waals surface area contributed by atoms with Crippen LogP contribution in [-0.4, -0.2) is 44.0 Å². The summed E-state index contributed by atoms with van der Waals surface area (Å²) in [6.45, 7) is 8.14. The smallest absolute Gasteiger partial charge is 0.120 e. The first kappa shape index (κ1) is 24.7. The maximum absolute atomic E-state index is 11.0. The predicted octanol–water partition coefficient (Wildman–Crippen LogP) is 5.99. The lowest BCUT2D eigenvalue weighted by atomic mass is 9.76. The van der Waals surface area contributed by atoms with Gasteiger partial charge in [0.1, 0.15) is 23.4 Å². The van der Waals surface area contributed by atoms with Gasteiger partial charge in [-0.1, -0.05) is 26.2 Å². The van der Waals surface area contributed by atoms with Crippen LogP contribution in [0.3, 0.4) is 0 Å². The molecule has 30 heavy (non-hydrogen) atoms. The average molecular weight is 418 g/mol. The van der Waals surface area contributed by atoms with Gasteiger partial charge in [-0.2, -0.15) is 0 Å². The van der Waals surface area contributed by atoms with E-state index in [9.17, 15) is 4.79 Å². The second-order valence-corrected chi connectivity index (χ2v) is 9.91. The van der Waals surface area contributed by atoms with Crippen molar-refractivity contribution in [2.45, 2.75) is 77.7 Å². The summed E-state index contributed by atoms with van der Waals surface area (Å²) < 4.78 is 12.2. The Morgan fingerprint density at radius 1 is 1.10 bits per heavy atom. The predicted molar refractivity (Wildman–Crippen MR) is 124 cm³/mol. The van der Waals surface area contributed by atoms with E-state index >= 15 is 0 Å². The topological polar surface area (TPSA) is 38.8 Å². The Morgan fingerprint density at radius 2 is 1.73 bits per heavy atom. The minimum Gasteiger partial charge on any atom is -0.493 e. The van der Waals surface area contributed by atoms with E-state index in [1.807, 2.05) is 24.3 Å². The molecule has 0 amide bonds. The van der Waals surface area contributed by atoms with Gasteiger partial charge in [0, 0.05) is 13.0 Å². The molecule has 3 atom stereocenters. The molecular formula is C26H43NO3.